The summed E-state index contributed by atoms with van der Waals surface area (Å²) in [5.74, 6) is 0.751. The summed E-state index contributed by atoms with van der Waals surface area (Å²) < 4.78 is 11.7. The third kappa shape index (κ3) is 4.41. The van der Waals surface area contributed by atoms with Gasteiger partial charge in [0.2, 0.25) is 0 Å². The number of anilines is 1. The molecule has 7 aromatic carbocycles. The molecule has 0 amide bonds. The van der Waals surface area contributed by atoms with E-state index in [4.69, 9.17) is 10.5 Å². The van der Waals surface area contributed by atoms with Crippen molar-refractivity contribution in [3.63, 3.8) is 0 Å². The highest BCUT2D eigenvalue weighted by Gasteiger charge is 2.21. The second-order valence-electron chi connectivity index (χ2n) is 12.9. The maximum absolute atomic E-state index is 7.25. The number of nitrogens with zero attached hydrogens (tertiary/aromatic N) is 1. The molecule has 9 aromatic rings. The topological polar surface area (TPSA) is 40.2 Å². The largest absolute Gasteiger partial charge is 0.486 e. The summed E-state index contributed by atoms with van der Waals surface area (Å²) >= 11 is 1.79. The van der Waals surface area contributed by atoms with E-state index in [2.05, 4.69) is 150 Å². The maximum atomic E-state index is 7.25. The molecule has 0 radical (unpaired) electrons. The molecular weight excluding hydrogens is 617 g/mol. The Morgan fingerprint density at radius 1 is 0.612 bits per heavy atom. The van der Waals surface area contributed by atoms with Crippen LogP contribution < -0.4 is 10.5 Å². The summed E-state index contributed by atoms with van der Waals surface area (Å²) in [5, 5.41) is 9.61. The zero-order chi connectivity index (χ0) is 32.5. The summed E-state index contributed by atoms with van der Waals surface area (Å²) in [5.41, 5.74) is 14.8. The number of benzene rings is 7. The molecule has 10 rings (SSSR count). The number of hydrogen-bond donors (Lipinski definition) is 1. The van der Waals surface area contributed by atoms with Crippen molar-refractivity contribution >= 4 is 86.2 Å². The molecule has 0 atom stereocenters. The average Bonchev–Trinajstić information content (AvgIpc) is 3.69. The predicted molar refractivity (Wildman–Crippen MR) is 211 cm³/mol. The molecule has 1 aliphatic rings. The van der Waals surface area contributed by atoms with Crippen LogP contribution in [0.5, 0.6) is 5.75 Å². The summed E-state index contributed by atoms with van der Waals surface area (Å²) in [4.78, 5) is 0. The zero-order valence-corrected chi connectivity index (χ0v) is 27.6. The Bertz CT molecular complexity index is 2850. The number of ether oxygens (including phenoxy) is 1. The van der Waals surface area contributed by atoms with Crippen LogP contribution >= 0.6 is 11.3 Å². The first-order valence-corrected chi connectivity index (χ1v) is 17.7. The molecule has 0 saturated heterocycles. The minimum absolute atomic E-state index is 0.401. The predicted octanol–water partition coefficient (Wildman–Crippen LogP) is 12.5. The SMILES string of the molecule is Nc1c(-c2cc3ccccc3c3ccccc23)cc2sc3ccccc3c2c1OCc1ccc2c3ccccc3n(C3=CCCC=C3)c2c1. The van der Waals surface area contributed by atoms with Gasteiger partial charge in [-0.05, 0) is 81.9 Å². The third-order valence-corrected chi connectivity index (χ3v) is 11.2. The fourth-order valence-electron chi connectivity index (χ4n) is 7.82. The van der Waals surface area contributed by atoms with Crippen molar-refractivity contribution in [1.29, 1.82) is 0 Å². The lowest BCUT2D eigenvalue weighted by Crippen LogP contribution is -2.02. The first-order chi connectivity index (χ1) is 24.2. The molecule has 2 heterocycles. The normalized spacial score (nSPS) is 13.3. The zero-order valence-electron chi connectivity index (χ0n) is 26.8. The molecule has 0 spiro atoms. The quantitative estimate of drug-likeness (QED) is 0.149. The average molecular weight is 649 g/mol. The van der Waals surface area contributed by atoms with Gasteiger partial charge in [-0.3, -0.25) is 0 Å². The third-order valence-electron chi connectivity index (χ3n) is 10.1. The van der Waals surface area contributed by atoms with Gasteiger partial charge in [-0.25, -0.2) is 0 Å². The van der Waals surface area contributed by atoms with E-state index in [0.717, 1.165) is 40.7 Å². The Morgan fingerprint density at radius 2 is 1.35 bits per heavy atom. The number of nitrogens with two attached hydrogens (primary N) is 1. The summed E-state index contributed by atoms with van der Waals surface area (Å²) in [7, 11) is 0. The van der Waals surface area contributed by atoms with E-state index in [1.54, 1.807) is 11.3 Å². The maximum Gasteiger partial charge on any atom is 0.152 e. The lowest BCUT2D eigenvalue weighted by Gasteiger charge is -2.17. The van der Waals surface area contributed by atoms with Crippen molar-refractivity contribution in [2.24, 2.45) is 0 Å². The second kappa shape index (κ2) is 11.1. The van der Waals surface area contributed by atoms with Crippen LogP contribution in [0.2, 0.25) is 0 Å². The van der Waals surface area contributed by atoms with E-state index in [0.29, 0.717) is 12.3 Å². The Kier molecular flexibility index (Phi) is 6.40. The van der Waals surface area contributed by atoms with E-state index < -0.39 is 0 Å². The van der Waals surface area contributed by atoms with E-state index in [1.165, 1.54) is 63.8 Å². The van der Waals surface area contributed by atoms with Crippen molar-refractivity contribution < 1.29 is 4.74 Å². The van der Waals surface area contributed by atoms with Gasteiger partial charge in [-0.15, -0.1) is 11.3 Å². The van der Waals surface area contributed by atoms with Crippen molar-refractivity contribution in [1.82, 2.24) is 4.57 Å². The van der Waals surface area contributed by atoms with Gasteiger partial charge < -0.3 is 15.0 Å². The summed E-state index contributed by atoms with van der Waals surface area (Å²) in [6, 6.07) is 45.8. The minimum atomic E-state index is 0.401. The molecular formula is C45H32N2OS. The lowest BCUT2D eigenvalue weighted by molar-refractivity contribution is 0.312. The number of fused-ring (bicyclic) bond motifs is 9. The van der Waals surface area contributed by atoms with Crippen molar-refractivity contribution in [3.8, 4) is 16.9 Å². The Balaban J connectivity index is 1.15. The second-order valence-corrected chi connectivity index (χ2v) is 14.0. The van der Waals surface area contributed by atoms with Crippen molar-refractivity contribution in [3.05, 3.63) is 151 Å². The molecule has 2 N–H and O–H groups in total. The number of nitrogen functional groups attached to an aromatic ring is 1. The van der Waals surface area contributed by atoms with E-state index >= 15 is 0 Å². The van der Waals surface area contributed by atoms with Crippen LogP contribution in [0.3, 0.4) is 0 Å². The molecule has 4 heteroatoms. The van der Waals surface area contributed by atoms with Crippen LogP contribution in [0.15, 0.2) is 146 Å². The van der Waals surface area contributed by atoms with Gasteiger partial charge >= 0.3 is 0 Å². The van der Waals surface area contributed by atoms with Crippen molar-refractivity contribution in [2.75, 3.05) is 5.73 Å². The first-order valence-electron chi connectivity index (χ1n) is 16.9. The molecule has 234 valence electrons. The van der Waals surface area contributed by atoms with Crippen molar-refractivity contribution in [2.45, 2.75) is 19.4 Å². The van der Waals surface area contributed by atoms with Crippen LogP contribution in [0.4, 0.5) is 5.69 Å². The minimum Gasteiger partial charge on any atom is -0.486 e. The molecule has 0 saturated carbocycles. The van der Waals surface area contributed by atoms with Crippen LogP contribution in [0.1, 0.15) is 18.4 Å². The molecule has 3 nitrogen and oxygen atoms in total. The molecule has 49 heavy (non-hydrogen) atoms. The molecule has 0 fully saturated rings. The lowest BCUT2D eigenvalue weighted by atomic mass is 9.91. The number of allylic oxidation sites excluding steroid dienone is 4. The number of rotatable bonds is 5. The van der Waals surface area contributed by atoms with Gasteiger partial charge in [-0.1, -0.05) is 109 Å². The van der Waals surface area contributed by atoms with E-state index in [1.807, 2.05) is 0 Å². The number of hydrogen-bond acceptors (Lipinski definition) is 3. The standard InChI is InChI=1S/C45H32N2OS/c46-44-38(37-25-29-12-4-5-15-31(29)32-16-6-7-17-33(32)37)26-42-43(36-19-9-11-21-41(36)49-42)45(44)48-27-28-22-23-35-34-18-8-10-20-39(34)47(40(35)24-28)30-13-2-1-3-14-30/h2,4-26H,1,3,27,46H2. The summed E-state index contributed by atoms with van der Waals surface area (Å²) in [6.45, 7) is 0.401. The molecule has 0 unspecified atom stereocenters. The Labute approximate surface area is 287 Å². The Morgan fingerprint density at radius 3 is 2.20 bits per heavy atom. The highest BCUT2D eigenvalue weighted by Crippen LogP contribution is 2.49. The fraction of sp³-hybridized carbons (Fsp3) is 0.0667. The smallest absolute Gasteiger partial charge is 0.152 e. The highest BCUT2D eigenvalue weighted by molar-refractivity contribution is 7.26. The number of thiophene rings is 1. The first kappa shape index (κ1) is 28.2. The summed E-state index contributed by atoms with van der Waals surface area (Å²) in [6.07, 6.45) is 9.00. The molecule has 0 bridgehead atoms. The van der Waals surface area contributed by atoms with Gasteiger partial charge in [0.25, 0.3) is 0 Å². The molecule has 1 aliphatic carbocycles. The Hall–Kier alpha value is -5.84. The number of para-hydroxylation sites is 1. The van der Waals surface area contributed by atoms with Gasteiger partial charge in [-0.2, -0.15) is 0 Å². The highest BCUT2D eigenvalue weighted by atomic mass is 32.1. The van der Waals surface area contributed by atoms with Gasteiger partial charge in [0.1, 0.15) is 6.61 Å². The van der Waals surface area contributed by atoms with Crippen LogP contribution in [0, 0.1) is 0 Å². The number of aromatic nitrogens is 1. The van der Waals surface area contributed by atoms with Gasteiger partial charge in [0, 0.05) is 42.2 Å². The monoisotopic (exact) mass is 648 g/mol. The van der Waals surface area contributed by atoms with Crippen LogP contribution in [0.25, 0.3) is 80.3 Å². The molecule has 2 aromatic heterocycles. The van der Waals surface area contributed by atoms with Crippen LogP contribution in [-0.4, -0.2) is 4.57 Å². The van der Waals surface area contributed by atoms with Gasteiger partial charge in [0.05, 0.1) is 16.7 Å². The van der Waals surface area contributed by atoms with E-state index in [9.17, 15) is 0 Å². The van der Waals surface area contributed by atoms with Gasteiger partial charge in [0.15, 0.2) is 5.75 Å². The van der Waals surface area contributed by atoms with Crippen LogP contribution in [-0.2, 0) is 6.61 Å². The molecule has 0 aliphatic heterocycles. The van der Waals surface area contributed by atoms with E-state index in [-0.39, 0.29) is 0 Å². The fourth-order valence-corrected chi connectivity index (χ4v) is 8.97.